The van der Waals surface area contributed by atoms with Crippen LogP contribution in [0.2, 0.25) is 5.02 Å². The van der Waals surface area contributed by atoms with E-state index in [1.54, 1.807) is 30.3 Å². The summed E-state index contributed by atoms with van der Waals surface area (Å²) in [5.41, 5.74) is 1.09. The van der Waals surface area contributed by atoms with Crippen LogP contribution in [0.5, 0.6) is 5.75 Å². The molecule has 0 aliphatic rings. The minimum absolute atomic E-state index is 0.225. The van der Waals surface area contributed by atoms with Crippen LogP contribution in [0.4, 0.5) is 5.69 Å². The van der Waals surface area contributed by atoms with Gasteiger partial charge in [0.1, 0.15) is 5.75 Å². The Morgan fingerprint density at radius 2 is 2.10 bits per heavy atom. The molecule has 0 heterocycles. The number of halogens is 2. The maximum absolute atomic E-state index is 12.3. The van der Waals surface area contributed by atoms with E-state index in [2.05, 4.69) is 21.2 Å². The zero-order chi connectivity index (χ0) is 15.2. The molecule has 5 heteroatoms. The smallest absolute Gasteiger partial charge is 0.255 e. The SMILES string of the molecule is CCCOc1cccc(C(=O)Nc2cc(Br)ccc2Cl)c1. The minimum atomic E-state index is -0.225. The van der Waals surface area contributed by atoms with E-state index < -0.39 is 0 Å². The number of carbonyl (C=O) groups is 1. The van der Waals surface area contributed by atoms with Crippen molar-refractivity contribution >= 4 is 39.1 Å². The summed E-state index contributed by atoms with van der Waals surface area (Å²) in [7, 11) is 0. The van der Waals surface area contributed by atoms with Gasteiger partial charge >= 0.3 is 0 Å². The van der Waals surface area contributed by atoms with Gasteiger partial charge in [-0.2, -0.15) is 0 Å². The van der Waals surface area contributed by atoms with Crippen molar-refractivity contribution in [1.29, 1.82) is 0 Å². The molecule has 3 nitrogen and oxygen atoms in total. The Morgan fingerprint density at radius 3 is 2.86 bits per heavy atom. The summed E-state index contributed by atoms with van der Waals surface area (Å²) in [6.45, 7) is 2.66. The molecule has 2 aromatic rings. The average molecular weight is 369 g/mol. The molecule has 0 aliphatic heterocycles. The fourth-order valence-electron chi connectivity index (χ4n) is 1.73. The summed E-state index contributed by atoms with van der Waals surface area (Å²) in [6.07, 6.45) is 0.921. The van der Waals surface area contributed by atoms with Crippen molar-refractivity contribution in [3.8, 4) is 5.75 Å². The highest BCUT2D eigenvalue weighted by atomic mass is 79.9. The van der Waals surface area contributed by atoms with Crippen molar-refractivity contribution in [2.24, 2.45) is 0 Å². The Hall–Kier alpha value is -1.52. The molecule has 0 spiro atoms. The molecule has 0 unspecified atom stereocenters. The second-order valence-corrected chi connectivity index (χ2v) is 5.78. The third kappa shape index (κ3) is 4.48. The number of amides is 1. The van der Waals surface area contributed by atoms with Gasteiger partial charge in [0.15, 0.2) is 0 Å². The first-order chi connectivity index (χ1) is 10.1. The van der Waals surface area contributed by atoms with Crippen molar-refractivity contribution in [3.05, 3.63) is 57.5 Å². The van der Waals surface area contributed by atoms with Gasteiger partial charge in [0, 0.05) is 10.0 Å². The molecule has 1 amide bonds. The minimum Gasteiger partial charge on any atom is -0.494 e. The molecule has 0 aliphatic carbocycles. The van der Waals surface area contributed by atoms with Gasteiger partial charge < -0.3 is 10.1 Å². The van der Waals surface area contributed by atoms with Crippen molar-refractivity contribution in [3.63, 3.8) is 0 Å². The van der Waals surface area contributed by atoms with E-state index in [-0.39, 0.29) is 5.91 Å². The van der Waals surface area contributed by atoms with Crippen LogP contribution in [0.15, 0.2) is 46.9 Å². The zero-order valence-electron chi connectivity index (χ0n) is 11.5. The molecular formula is C16H15BrClNO2. The van der Waals surface area contributed by atoms with Crippen LogP contribution in [0, 0.1) is 0 Å². The monoisotopic (exact) mass is 367 g/mol. The highest BCUT2D eigenvalue weighted by Gasteiger charge is 2.10. The second-order valence-electron chi connectivity index (χ2n) is 4.45. The highest BCUT2D eigenvalue weighted by Crippen LogP contribution is 2.26. The second kappa shape index (κ2) is 7.48. The Morgan fingerprint density at radius 1 is 1.29 bits per heavy atom. The molecule has 2 aromatic carbocycles. The van der Waals surface area contributed by atoms with Crippen LogP contribution >= 0.6 is 27.5 Å². The molecule has 0 radical (unpaired) electrons. The standard InChI is InChI=1S/C16H15BrClNO2/c1-2-8-21-13-5-3-4-11(9-13)16(20)19-15-10-12(17)6-7-14(15)18/h3-7,9-10H,2,8H2,1H3,(H,19,20). The van der Waals surface area contributed by atoms with Crippen LogP contribution in [0.25, 0.3) is 0 Å². The maximum Gasteiger partial charge on any atom is 0.255 e. The number of hydrogen-bond donors (Lipinski definition) is 1. The fraction of sp³-hybridized carbons (Fsp3) is 0.188. The van der Waals surface area contributed by atoms with Gasteiger partial charge in [0.05, 0.1) is 17.3 Å². The predicted octanol–water partition coefficient (Wildman–Crippen LogP) is 5.14. The van der Waals surface area contributed by atoms with E-state index in [4.69, 9.17) is 16.3 Å². The fourth-order valence-corrected chi connectivity index (χ4v) is 2.26. The van der Waals surface area contributed by atoms with Gasteiger partial charge in [-0.05, 0) is 42.8 Å². The number of hydrogen-bond acceptors (Lipinski definition) is 2. The van der Waals surface area contributed by atoms with E-state index in [0.29, 0.717) is 28.6 Å². The van der Waals surface area contributed by atoms with Crippen LogP contribution < -0.4 is 10.1 Å². The number of nitrogens with one attached hydrogen (secondary N) is 1. The molecule has 0 aromatic heterocycles. The van der Waals surface area contributed by atoms with Gasteiger partial charge in [-0.25, -0.2) is 0 Å². The first-order valence-corrected chi connectivity index (χ1v) is 7.76. The van der Waals surface area contributed by atoms with Gasteiger partial charge in [-0.1, -0.05) is 40.5 Å². The first-order valence-electron chi connectivity index (χ1n) is 6.59. The van der Waals surface area contributed by atoms with Crippen molar-refractivity contribution in [2.75, 3.05) is 11.9 Å². The largest absolute Gasteiger partial charge is 0.494 e. The topological polar surface area (TPSA) is 38.3 Å². The summed E-state index contributed by atoms with van der Waals surface area (Å²) < 4.78 is 6.37. The number of carbonyl (C=O) groups excluding carboxylic acids is 1. The Balaban J connectivity index is 2.14. The maximum atomic E-state index is 12.3. The van der Waals surface area contributed by atoms with Crippen molar-refractivity contribution < 1.29 is 9.53 Å². The lowest BCUT2D eigenvalue weighted by molar-refractivity contribution is 0.102. The number of ether oxygens (including phenoxy) is 1. The molecule has 2 rings (SSSR count). The molecule has 0 saturated carbocycles. The lowest BCUT2D eigenvalue weighted by Crippen LogP contribution is -2.12. The average Bonchev–Trinajstić information content (AvgIpc) is 2.49. The lowest BCUT2D eigenvalue weighted by Gasteiger charge is -2.09. The van der Waals surface area contributed by atoms with Gasteiger partial charge in [0.25, 0.3) is 5.91 Å². The van der Waals surface area contributed by atoms with Gasteiger partial charge in [0.2, 0.25) is 0 Å². The van der Waals surface area contributed by atoms with Crippen LogP contribution in [-0.2, 0) is 0 Å². The van der Waals surface area contributed by atoms with Crippen molar-refractivity contribution in [1.82, 2.24) is 0 Å². The molecule has 0 atom stereocenters. The first kappa shape index (κ1) is 15.9. The van der Waals surface area contributed by atoms with E-state index in [1.165, 1.54) is 0 Å². The molecule has 0 fully saturated rings. The Labute approximate surface area is 137 Å². The number of rotatable bonds is 5. The Kier molecular flexibility index (Phi) is 5.65. The van der Waals surface area contributed by atoms with Crippen LogP contribution in [0.3, 0.4) is 0 Å². The molecular weight excluding hydrogens is 354 g/mol. The molecule has 21 heavy (non-hydrogen) atoms. The highest BCUT2D eigenvalue weighted by molar-refractivity contribution is 9.10. The summed E-state index contributed by atoms with van der Waals surface area (Å²) in [5.74, 6) is 0.460. The van der Waals surface area contributed by atoms with E-state index >= 15 is 0 Å². The third-order valence-corrected chi connectivity index (χ3v) is 3.57. The predicted molar refractivity (Wildman–Crippen MR) is 89.3 cm³/mol. The number of anilines is 1. The van der Waals surface area contributed by atoms with Crippen LogP contribution in [0.1, 0.15) is 23.7 Å². The van der Waals surface area contributed by atoms with E-state index in [0.717, 1.165) is 10.9 Å². The molecule has 0 bridgehead atoms. The summed E-state index contributed by atoms with van der Waals surface area (Å²) in [6, 6.07) is 12.4. The molecule has 1 N–H and O–H groups in total. The number of benzene rings is 2. The van der Waals surface area contributed by atoms with E-state index in [1.807, 2.05) is 19.1 Å². The van der Waals surface area contributed by atoms with Gasteiger partial charge in [-0.3, -0.25) is 4.79 Å². The molecule has 0 saturated heterocycles. The van der Waals surface area contributed by atoms with Crippen molar-refractivity contribution in [2.45, 2.75) is 13.3 Å². The van der Waals surface area contributed by atoms with E-state index in [9.17, 15) is 4.79 Å². The lowest BCUT2D eigenvalue weighted by atomic mass is 10.2. The normalized spacial score (nSPS) is 10.2. The third-order valence-electron chi connectivity index (χ3n) is 2.75. The quantitative estimate of drug-likeness (QED) is 0.793. The Bertz CT molecular complexity index is 646. The summed E-state index contributed by atoms with van der Waals surface area (Å²) in [4.78, 5) is 12.3. The summed E-state index contributed by atoms with van der Waals surface area (Å²) >= 11 is 9.42. The van der Waals surface area contributed by atoms with Crippen LogP contribution in [-0.4, -0.2) is 12.5 Å². The summed E-state index contributed by atoms with van der Waals surface area (Å²) in [5, 5.41) is 3.28. The van der Waals surface area contributed by atoms with Gasteiger partial charge in [-0.15, -0.1) is 0 Å². The zero-order valence-corrected chi connectivity index (χ0v) is 13.9. The molecule has 110 valence electrons.